The van der Waals surface area contributed by atoms with Crippen molar-refractivity contribution < 1.29 is 0 Å². The van der Waals surface area contributed by atoms with Crippen LogP contribution in [0.25, 0.3) is 0 Å². The predicted octanol–water partition coefficient (Wildman–Crippen LogP) is 3.75. The third-order valence-corrected chi connectivity index (χ3v) is 4.92. The molecule has 3 rings (SSSR count). The Kier molecular flexibility index (Phi) is 4.73. The summed E-state index contributed by atoms with van der Waals surface area (Å²) in [4.78, 5) is 2.58. The topological polar surface area (TPSA) is 15.3 Å². The SMILES string of the molecule is Cc1ccccc1C(c1ccccc1Br)N1CCNCC1. The molecule has 2 aromatic carbocycles. The van der Waals surface area contributed by atoms with Crippen LogP contribution in [0.3, 0.4) is 0 Å². The number of piperazine rings is 1. The van der Waals surface area contributed by atoms with Crippen LogP contribution in [0.1, 0.15) is 22.7 Å². The molecule has 1 unspecified atom stereocenters. The van der Waals surface area contributed by atoms with E-state index < -0.39 is 0 Å². The van der Waals surface area contributed by atoms with Crippen LogP contribution in [0, 0.1) is 6.92 Å². The van der Waals surface area contributed by atoms with Gasteiger partial charge in [-0.3, -0.25) is 4.90 Å². The molecule has 2 aromatic rings. The van der Waals surface area contributed by atoms with Crippen LogP contribution >= 0.6 is 15.9 Å². The largest absolute Gasteiger partial charge is 0.314 e. The summed E-state index contributed by atoms with van der Waals surface area (Å²) in [6.07, 6.45) is 0. The molecule has 0 radical (unpaired) electrons. The van der Waals surface area contributed by atoms with Gasteiger partial charge in [0.25, 0.3) is 0 Å². The molecule has 1 atom stereocenters. The van der Waals surface area contributed by atoms with Crippen LogP contribution in [-0.2, 0) is 0 Å². The molecule has 0 bridgehead atoms. The summed E-state index contributed by atoms with van der Waals surface area (Å²) in [5, 5.41) is 3.45. The lowest BCUT2D eigenvalue weighted by atomic mass is 9.93. The van der Waals surface area contributed by atoms with Crippen LogP contribution in [0.2, 0.25) is 0 Å². The second kappa shape index (κ2) is 6.73. The molecule has 0 spiro atoms. The van der Waals surface area contributed by atoms with E-state index >= 15 is 0 Å². The summed E-state index contributed by atoms with van der Waals surface area (Å²) in [6.45, 7) is 6.50. The zero-order valence-electron chi connectivity index (χ0n) is 12.3. The maximum absolute atomic E-state index is 3.74. The second-order valence-corrected chi connectivity index (χ2v) is 6.42. The fraction of sp³-hybridized carbons (Fsp3) is 0.333. The molecule has 3 heteroatoms. The van der Waals surface area contributed by atoms with Crippen LogP contribution in [0.5, 0.6) is 0 Å². The monoisotopic (exact) mass is 344 g/mol. The van der Waals surface area contributed by atoms with Gasteiger partial charge in [0, 0.05) is 30.7 Å². The highest BCUT2D eigenvalue weighted by molar-refractivity contribution is 9.10. The highest BCUT2D eigenvalue weighted by Gasteiger charge is 2.26. The number of hydrogen-bond donors (Lipinski definition) is 1. The fourth-order valence-electron chi connectivity index (χ4n) is 3.09. The molecular weight excluding hydrogens is 324 g/mol. The van der Waals surface area contributed by atoms with Gasteiger partial charge < -0.3 is 5.32 Å². The van der Waals surface area contributed by atoms with Crippen LogP contribution < -0.4 is 5.32 Å². The average molecular weight is 345 g/mol. The molecule has 2 nitrogen and oxygen atoms in total. The molecule has 1 fully saturated rings. The molecule has 1 N–H and O–H groups in total. The summed E-state index contributed by atoms with van der Waals surface area (Å²) in [7, 11) is 0. The third kappa shape index (κ3) is 3.20. The Morgan fingerprint density at radius 2 is 1.57 bits per heavy atom. The lowest BCUT2D eigenvalue weighted by Crippen LogP contribution is -2.45. The molecule has 0 saturated carbocycles. The van der Waals surface area contributed by atoms with E-state index in [1.807, 2.05) is 0 Å². The van der Waals surface area contributed by atoms with Crippen molar-refractivity contribution in [1.29, 1.82) is 0 Å². The van der Waals surface area contributed by atoms with Gasteiger partial charge in [0.15, 0.2) is 0 Å². The van der Waals surface area contributed by atoms with Crippen LogP contribution in [-0.4, -0.2) is 31.1 Å². The van der Waals surface area contributed by atoms with Gasteiger partial charge in [0.05, 0.1) is 6.04 Å². The summed E-state index contributed by atoms with van der Waals surface area (Å²) < 4.78 is 1.19. The molecule has 1 aliphatic heterocycles. The van der Waals surface area contributed by atoms with E-state index in [1.165, 1.54) is 21.2 Å². The van der Waals surface area contributed by atoms with Crippen LogP contribution in [0.15, 0.2) is 53.0 Å². The summed E-state index contributed by atoms with van der Waals surface area (Å²) >= 11 is 3.74. The van der Waals surface area contributed by atoms with Gasteiger partial charge in [-0.1, -0.05) is 58.4 Å². The minimum Gasteiger partial charge on any atom is -0.314 e. The van der Waals surface area contributed by atoms with Crippen molar-refractivity contribution >= 4 is 15.9 Å². The molecule has 0 aromatic heterocycles. The van der Waals surface area contributed by atoms with Crippen molar-refractivity contribution in [2.24, 2.45) is 0 Å². The van der Waals surface area contributed by atoms with Gasteiger partial charge >= 0.3 is 0 Å². The molecule has 1 saturated heterocycles. The summed E-state index contributed by atoms with van der Waals surface area (Å²) in [5.41, 5.74) is 4.12. The first-order valence-corrected chi connectivity index (χ1v) is 8.31. The molecule has 0 amide bonds. The second-order valence-electron chi connectivity index (χ2n) is 5.57. The van der Waals surface area contributed by atoms with Crippen molar-refractivity contribution in [3.05, 3.63) is 69.7 Å². The van der Waals surface area contributed by atoms with E-state index in [-0.39, 0.29) is 0 Å². The van der Waals surface area contributed by atoms with E-state index in [0.29, 0.717) is 6.04 Å². The first kappa shape index (κ1) is 14.8. The van der Waals surface area contributed by atoms with Gasteiger partial charge in [0.2, 0.25) is 0 Å². The minimum atomic E-state index is 0.323. The maximum atomic E-state index is 3.74. The Hall–Kier alpha value is -1.16. The average Bonchev–Trinajstić information content (AvgIpc) is 2.52. The quantitative estimate of drug-likeness (QED) is 0.911. The smallest absolute Gasteiger partial charge is 0.0616 e. The van der Waals surface area contributed by atoms with Gasteiger partial charge in [-0.2, -0.15) is 0 Å². The number of rotatable bonds is 3. The summed E-state index contributed by atoms with van der Waals surface area (Å²) in [5.74, 6) is 0. The summed E-state index contributed by atoms with van der Waals surface area (Å²) in [6, 6.07) is 17.7. The molecule has 110 valence electrons. The van der Waals surface area contributed by atoms with E-state index in [0.717, 1.165) is 26.2 Å². The molecule has 0 aliphatic carbocycles. The number of nitrogens with zero attached hydrogens (tertiary/aromatic N) is 1. The predicted molar refractivity (Wildman–Crippen MR) is 91.6 cm³/mol. The first-order valence-electron chi connectivity index (χ1n) is 7.52. The van der Waals surface area contributed by atoms with Crippen molar-refractivity contribution in [1.82, 2.24) is 10.2 Å². The maximum Gasteiger partial charge on any atom is 0.0616 e. The Morgan fingerprint density at radius 1 is 0.952 bits per heavy atom. The van der Waals surface area contributed by atoms with Gasteiger partial charge in [-0.25, -0.2) is 0 Å². The number of benzene rings is 2. The number of halogens is 1. The zero-order valence-corrected chi connectivity index (χ0v) is 13.9. The highest BCUT2D eigenvalue weighted by Crippen LogP contribution is 2.34. The minimum absolute atomic E-state index is 0.323. The molecule has 1 heterocycles. The number of nitrogens with one attached hydrogen (secondary N) is 1. The van der Waals surface area contributed by atoms with Gasteiger partial charge in [-0.15, -0.1) is 0 Å². The van der Waals surface area contributed by atoms with E-state index in [4.69, 9.17) is 0 Å². The fourth-order valence-corrected chi connectivity index (χ4v) is 3.59. The number of aryl methyl sites for hydroxylation is 1. The third-order valence-electron chi connectivity index (χ3n) is 4.20. The van der Waals surface area contributed by atoms with Crippen molar-refractivity contribution in [2.75, 3.05) is 26.2 Å². The first-order chi connectivity index (χ1) is 10.3. The van der Waals surface area contributed by atoms with E-state index in [1.54, 1.807) is 0 Å². The Labute approximate surface area is 135 Å². The zero-order chi connectivity index (χ0) is 14.7. The van der Waals surface area contributed by atoms with Gasteiger partial charge in [0.1, 0.15) is 0 Å². The van der Waals surface area contributed by atoms with E-state index in [2.05, 4.69) is 81.6 Å². The van der Waals surface area contributed by atoms with Gasteiger partial charge in [-0.05, 0) is 29.7 Å². The Bertz CT molecular complexity index is 560. The highest BCUT2D eigenvalue weighted by atomic mass is 79.9. The lowest BCUT2D eigenvalue weighted by molar-refractivity contribution is 0.197. The van der Waals surface area contributed by atoms with Crippen molar-refractivity contribution in [3.8, 4) is 0 Å². The lowest BCUT2D eigenvalue weighted by Gasteiger charge is -2.36. The standard InChI is InChI=1S/C18H21BrN2/c1-14-6-2-3-7-15(14)18(21-12-10-20-11-13-21)16-8-4-5-9-17(16)19/h2-9,18,20H,10-13H2,1H3. The number of hydrogen-bond acceptors (Lipinski definition) is 2. The Morgan fingerprint density at radius 3 is 2.24 bits per heavy atom. The molecule has 21 heavy (non-hydrogen) atoms. The molecule has 1 aliphatic rings. The molecular formula is C18H21BrN2. The van der Waals surface area contributed by atoms with Crippen molar-refractivity contribution in [3.63, 3.8) is 0 Å². The van der Waals surface area contributed by atoms with Crippen LogP contribution in [0.4, 0.5) is 0 Å². The normalized spacial score (nSPS) is 17.6. The van der Waals surface area contributed by atoms with Crippen molar-refractivity contribution in [2.45, 2.75) is 13.0 Å². The van der Waals surface area contributed by atoms with E-state index in [9.17, 15) is 0 Å². The Balaban J connectivity index is 2.07.